The lowest BCUT2D eigenvalue weighted by Gasteiger charge is -2.10. The lowest BCUT2D eigenvalue weighted by molar-refractivity contribution is 0.102. The molecule has 0 radical (unpaired) electrons. The van der Waals surface area contributed by atoms with Crippen LogP contribution < -0.4 is 10.6 Å². The number of benzene rings is 1. The van der Waals surface area contributed by atoms with Gasteiger partial charge in [-0.05, 0) is 30.7 Å². The molecule has 0 aliphatic heterocycles. The zero-order valence-corrected chi connectivity index (χ0v) is 11.8. The number of amides is 1. The van der Waals surface area contributed by atoms with Crippen LogP contribution in [0.25, 0.3) is 0 Å². The molecule has 20 heavy (non-hydrogen) atoms. The first-order chi connectivity index (χ1) is 9.51. The van der Waals surface area contributed by atoms with Gasteiger partial charge in [0.2, 0.25) is 0 Å². The third-order valence-electron chi connectivity index (χ3n) is 2.80. The first-order valence-corrected chi connectivity index (χ1v) is 6.30. The maximum atomic E-state index is 13.2. The highest BCUT2D eigenvalue weighted by molar-refractivity contribution is 6.34. The molecule has 0 unspecified atom stereocenters. The molecule has 6 heteroatoms. The van der Waals surface area contributed by atoms with Crippen molar-refractivity contribution in [2.24, 2.45) is 0 Å². The van der Waals surface area contributed by atoms with Gasteiger partial charge in [-0.25, -0.2) is 9.37 Å². The van der Waals surface area contributed by atoms with Crippen molar-refractivity contribution in [2.75, 3.05) is 17.7 Å². The minimum atomic E-state index is -0.414. The van der Waals surface area contributed by atoms with Crippen molar-refractivity contribution in [1.82, 2.24) is 4.98 Å². The first-order valence-electron chi connectivity index (χ1n) is 5.92. The second-order valence-corrected chi connectivity index (χ2v) is 4.62. The van der Waals surface area contributed by atoms with E-state index >= 15 is 0 Å². The predicted octanol–water partition coefficient (Wildman–Crippen LogP) is 3.48. The van der Waals surface area contributed by atoms with Crippen LogP contribution in [-0.2, 0) is 0 Å². The number of hydrogen-bond acceptors (Lipinski definition) is 3. The molecule has 0 saturated carbocycles. The zero-order valence-electron chi connectivity index (χ0n) is 11.0. The van der Waals surface area contributed by atoms with Gasteiger partial charge in [-0.2, -0.15) is 0 Å². The van der Waals surface area contributed by atoms with E-state index in [-0.39, 0.29) is 10.6 Å². The van der Waals surface area contributed by atoms with E-state index in [1.165, 1.54) is 24.4 Å². The molecule has 1 heterocycles. The number of rotatable bonds is 3. The number of halogens is 2. The van der Waals surface area contributed by atoms with Crippen LogP contribution in [0.4, 0.5) is 15.9 Å². The monoisotopic (exact) mass is 293 g/mol. The van der Waals surface area contributed by atoms with Crippen LogP contribution in [0.1, 0.15) is 15.9 Å². The molecule has 2 rings (SSSR count). The highest BCUT2D eigenvalue weighted by atomic mass is 35.5. The Kier molecular flexibility index (Phi) is 4.20. The molecule has 0 fully saturated rings. The largest absolute Gasteiger partial charge is 0.373 e. The second kappa shape index (κ2) is 5.88. The molecule has 0 atom stereocenters. The fraction of sp³-hybridized carbons (Fsp3) is 0.143. The normalized spacial score (nSPS) is 10.2. The minimum absolute atomic E-state index is 0.232. The van der Waals surface area contributed by atoms with Crippen molar-refractivity contribution in [2.45, 2.75) is 6.92 Å². The number of carbonyl (C=O) groups is 1. The molecular weight excluding hydrogens is 281 g/mol. The Hall–Kier alpha value is -2.14. The second-order valence-electron chi connectivity index (χ2n) is 4.21. The van der Waals surface area contributed by atoms with Gasteiger partial charge in [-0.1, -0.05) is 17.7 Å². The fourth-order valence-corrected chi connectivity index (χ4v) is 1.86. The maximum Gasteiger partial charge on any atom is 0.257 e. The van der Waals surface area contributed by atoms with Crippen LogP contribution in [0.15, 0.2) is 30.5 Å². The van der Waals surface area contributed by atoms with Gasteiger partial charge in [0.15, 0.2) is 0 Å². The number of anilines is 2. The van der Waals surface area contributed by atoms with Gasteiger partial charge in [0, 0.05) is 18.9 Å². The Balaban J connectivity index is 2.30. The molecule has 0 bridgehead atoms. The molecule has 4 nitrogen and oxygen atoms in total. The summed E-state index contributed by atoms with van der Waals surface area (Å²) in [5, 5.41) is 5.70. The van der Waals surface area contributed by atoms with Crippen LogP contribution in [-0.4, -0.2) is 17.9 Å². The van der Waals surface area contributed by atoms with Gasteiger partial charge in [-0.15, -0.1) is 0 Å². The molecule has 1 aromatic heterocycles. The van der Waals surface area contributed by atoms with E-state index in [1.807, 2.05) is 0 Å². The van der Waals surface area contributed by atoms with Gasteiger partial charge < -0.3 is 10.6 Å². The minimum Gasteiger partial charge on any atom is -0.373 e. The Morgan fingerprint density at radius 3 is 2.80 bits per heavy atom. The molecule has 1 amide bonds. The van der Waals surface area contributed by atoms with Crippen molar-refractivity contribution in [3.05, 3.63) is 52.4 Å². The summed E-state index contributed by atoms with van der Waals surface area (Å²) in [5.41, 5.74) is 1.45. The summed E-state index contributed by atoms with van der Waals surface area (Å²) >= 11 is 5.96. The van der Waals surface area contributed by atoms with Gasteiger partial charge >= 0.3 is 0 Å². The molecule has 2 N–H and O–H groups in total. The summed E-state index contributed by atoms with van der Waals surface area (Å²) in [6.45, 7) is 1.78. The summed E-state index contributed by atoms with van der Waals surface area (Å²) in [7, 11) is 1.69. The van der Waals surface area contributed by atoms with E-state index in [0.29, 0.717) is 11.5 Å². The van der Waals surface area contributed by atoms with Crippen molar-refractivity contribution in [1.29, 1.82) is 0 Å². The summed E-state index contributed by atoms with van der Waals surface area (Å²) in [4.78, 5) is 16.2. The summed E-state index contributed by atoms with van der Waals surface area (Å²) in [6, 6.07) is 5.73. The van der Waals surface area contributed by atoms with Gasteiger partial charge in [0.25, 0.3) is 5.91 Å². The smallest absolute Gasteiger partial charge is 0.257 e. The number of hydrogen-bond donors (Lipinski definition) is 2. The van der Waals surface area contributed by atoms with Gasteiger partial charge in [-0.3, -0.25) is 4.79 Å². The Morgan fingerprint density at radius 1 is 1.35 bits per heavy atom. The van der Waals surface area contributed by atoms with E-state index < -0.39 is 11.7 Å². The lowest BCUT2D eigenvalue weighted by Crippen LogP contribution is -2.14. The average molecular weight is 294 g/mol. The third-order valence-corrected chi connectivity index (χ3v) is 3.11. The van der Waals surface area contributed by atoms with Crippen LogP contribution in [0.3, 0.4) is 0 Å². The fourth-order valence-electron chi connectivity index (χ4n) is 1.67. The molecular formula is C14H13ClFN3O. The molecule has 0 saturated heterocycles. The highest BCUT2D eigenvalue weighted by Crippen LogP contribution is 2.21. The average Bonchev–Trinajstić information content (AvgIpc) is 2.43. The molecule has 0 aliphatic rings. The van der Waals surface area contributed by atoms with Crippen molar-refractivity contribution in [3.63, 3.8) is 0 Å². The van der Waals surface area contributed by atoms with Gasteiger partial charge in [0.05, 0.1) is 10.6 Å². The predicted molar refractivity (Wildman–Crippen MR) is 77.9 cm³/mol. The maximum absolute atomic E-state index is 13.2. The lowest BCUT2D eigenvalue weighted by atomic mass is 10.1. The number of pyridine rings is 1. The van der Waals surface area contributed by atoms with E-state index in [2.05, 4.69) is 15.6 Å². The quantitative estimate of drug-likeness (QED) is 0.911. The van der Waals surface area contributed by atoms with E-state index in [4.69, 9.17) is 11.6 Å². The molecule has 0 spiro atoms. The molecule has 104 valence electrons. The Morgan fingerprint density at radius 2 is 2.10 bits per heavy atom. The van der Waals surface area contributed by atoms with Crippen LogP contribution >= 0.6 is 11.6 Å². The van der Waals surface area contributed by atoms with Crippen LogP contribution in [0.5, 0.6) is 0 Å². The molecule has 1 aromatic carbocycles. The van der Waals surface area contributed by atoms with Crippen molar-refractivity contribution < 1.29 is 9.18 Å². The van der Waals surface area contributed by atoms with Crippen molar-refractivity contribution in [3.8, 4) is 0 Å². The SMILES string of the molecule is CNc1cc(C(=O)Nc2cc(F)ccc2C)c(Cl)cn1. The van der Waals surface area contributed by atoms with E-state index in [0.717, 1.165) is 5.56 Å². The van der Waals surface area contributed by atoms with E-state index in [9.17, 15) is 9.18 Å². The number of aromatic nitrogens is 1. The standard InChI is InChI=1S/C14H13ClFN3O/c1-8-3-4-9(16)5-12(8)19-14(20)10-6-13(17-2)18-7-11(10)15/h3-7H,1-2H3,(H,17,18)(H,19,20). The first kappa shape index (κ1) is 14.3. The number of nitrogens with one attached hydrogen (secondary N) is 2. The topological polar surface area (TPSA) is 54.0 Å². The summed E-state index contributed by atoms with van der Waals surface area (Å²) in [6.07, 6.45) is 1.39. The molecule has 0 aliphatic carbocycles. The number of nitrogens with zero attached hydrogens (tertiary/aromatic N) is 1. The Labute approximate surface area is 121 Å². The summed E-state index contributed by atoms with van der Waals surface area (Å²) < 4.78 is 13.2. The van der Waals surface area contributed by atoms with Crippen LogP contribution in [0.2, 0.25) is 5.02 Å². The molecule has 2 aromatic rings. The van der Waals surface area contributed by atoms with Crippen molar-refractivity contribution >= 4 is 29.0 Å². The summed E-state index contributed by atoms with van der Waals surface area (Å²) in [5.74, 6) is -0.305. The highest BCUT2D eigenvalue weighted by Gasteiger charge is 2.13. The number of carbonyl (C=O) groups excluding carboxylic acids is 1. The van der Waals surface area contributed by atoms with Gasteiger partial charge in [0.1, 0.15) is 11.6 Å². The number of aryl methyl sites for hydroxylation is 1. The Bertz CT molecular complexity index is 661. The van der Waals surface area contributed by atoms with Crippen LogP contribution in [0, 0.1) is 12.7 Å². The third kappa shape index (κ3) is 3.05. The zero-order chi connectivity index (χ0) is 14.7. The van der Waals surface area contributed by atoms with E-state index in [1.54, 1.807) is 20.0 Å².